The van der Waals surface area contributed by atoms with E-state index < -0.39 is 0 Å². The van der Waals surface area contributed by atoms with Gasteiger partial charge in [0.15, 0.2) is 11.5 Å². The fraction of sp³-hybridized carbons (Fsp3) is 0.500. The van der Waals surface area contributed by atoms with Crippen molar-refractivity contribution in [2.45, 2.75) is 32.7 Å². The summed E-state index contributed by atoms with van der Waals surface area (Å²) in [5.74, 6) is 1.67. The van der Waals surface area contributed by atoms with Gasteiger partial charge in [-0.3, -0.25) is 0 Å². The summed E-state index contributed by atoms with van der Waals surface area (Å²) >= 11 is 0. The predicted octanol–water partition coefficient (Wildman–Crippen LogP) is 3.02. The van der Waals surface area contributed by atoms with Gasteiger partial charge >= 0.3 is 0 Å². The molecule has 2 rings (SSSR count). The molecule has 1 N–H and O–H groups in total. The SMILES string of the molecule is CCC[C@H](C)Nc1ccc2c(c1)OCO2. The monoisotopic (exact) mass is 207 g/mol. The van der Waals surface area contributed by atoms with E-state index >= 15 is 0 Å². The molecular weight excluding hydrogens is 190 g/mol. The van der Waals surface area contributed by atoms with Crippen molar-refractivity contribution in [1.82, 2.24) is 0 Å². The van der Waals surface area contributed by atoms with E-state index in [9.17, 15) is 0 Å². The Morgan fingerprint density at radius 2 is 2.13 bits per heavy atom. The number of anilines is 1. The summed E-state index contributed by atoms with van der Waals surface area (Å²) in [6.45, 7) is 4.72. The molecule has 0 saturated carbocycles. The van der Waals surface area contributed by atoms with Gasteiger partial charge in [0, 0.05) is 17.8 Å². The Hall–Kier alpha value is -1.38. The second kappa shape index (κ2) is 4.43. The van der Waals surface area contributed by atoms with E-state index in [1.54, 1.807) is 0 Å². The van der Waals surface area contributed by atoms with E-state index in [4.69, 9.17) is 9.47 Å². The summed E-state index contributed by atoms with van der Waals surface area (Å²) in [6.07, 6.45) is 2.37. The van der Waals surface area contributed by atoms with Gasteiger partial charge < -0.3 is 14.8 Å². The summed E-state index contributed by atoms with van der Waals surface area (Å²) in [6, 6.07) is 6.47. The highest BCUT2D eigenvalue weighted by Crippen LogP contribution is 2.34. The summed E-state index contributed by atoms with van der Waals surface area (Å²) in [5.41, 5.74) is 1.10. The molecule has 1 aliphatic heterocycles. The first-order chi connectivity index (χ1) is 7.29. The molecule has 3 heteroatoms. The van der Waals surface area contributed by atoms with Gasteiger partial charge in [0.05, 0.1) is 0 Å². The van der Waals surface area contributed by atoms with Crippen LogP contribution in [0.2, 0.25) is 0 Å². The molecule has 0 aliphatic carbocycles. The maximum Gasteiger partial charge on any atom is 0.231 e. The van der Waals surface area contributed by atoms with Crippen LogP contribution in [0.5, 0.6) is 11.5 Å². The van der Waals surface area contributed by atoms with E-state index in [1.807, 2.05) is 18.2 Å². The zero-order chi connectivity index (χ0) is 10.7. The van der Waals surface area contributed by atoms with E-state index in [-0.39, 0.29) is 0 Å². The van der Waals surface area contributed by atoms with Crippen molar-refractivity contribution in [1.29, 1.82) is 0 Å². The van der Waals surface area contributed by atoms with Crippen LogP contribution < -0.4 is 14.8 Å². The van der Waals surface area contributed by atoms with E-state index in [2.05, 4.69) is 19.2 Å². The number of benzene rings is 1. The van der Waals surface area contributed by atoms with Crippen molar-refractivity contribution < 1.29 is 9.47 Å². The summed E-state index contributed by atoms with van der Waals surface area (Å²) in [4.78, 5) is 0. The van der Waals surface area contributed by atoms with Crippen LogP contribution in [-0.2, 0) is 0 Å². The second-order valence-electron chi connectivity index (χ2n) is 3.90. The molecule has 0 bridgehead atoms. The van der Waals surface area contributed by atoms with Crippen LogP contribution in [0.15, 0.2) is 18.2 Å². The Morgan fingerprint density at radius 1 is 1.33 bits per heavy atom. The van der Waals surface area contributed by atoms with E-state index in [0.29, 0.717) is 12.8 Å². The standard InChI is InChI=1S/C12H17NO2/c1-3-4-9(2)13-10-5-6-11-12(7-10)15-8-14-11/h5-7,9,13H,3-4,8H2,1-2H3/t9-/m0/s1. The van der Waals surface area contributed by atoms with Gasteiger partial charge in [-0.1, -0.05) is 13.3 Å². The molecule has 15 heavy (non-hydrogen) atoms. The van der Waals surface area contributed by atoms with Crippen LogP contribution in [-0.4, -0.2) is 12.8 Å². The predicted molar refractivity (Wildman–Crippen MR) is 60.6 cm³/mol. The van der Waals surface area contributed by atoms with Gasteiger partial charge in [0.2, 0.25) is 6.79 Å². The van der Waals surface area contributed by atoms with Crippen molar-refractivity contribution >= 4 is 5.69 Å². The minimum atomic E-state index is 0.337. The number of fused-ring (bicyclic) bond motifs is 1. The fourth-order valence-electron chi connectivity index (χ4n) is 1.78. The lowest BCUT2D eigenvalue weighted by atomic mass is 10.2. The normalized spacial score (nSPS) is 15.1. The third kappa shape index (κ3) is 2.35. The lowest BCUT2D eigenvalue weighted by Crippen LogP contribution is -2.14. The molecule has 0 saturated heterocycles. The Bertz CT molecular complexity index is 338. The van der Waals surface area contributed by atoms with Gasteiger partial charge in [-0.2, -0.15) is 0 Å². The van der Waals surface area contributed by atoms with Crippen molar-refractivity contribution in [3.63, 3.8) is 0 Å². The van der Waals surface area contributed by atoms with Gasteiger partial charge in [-0.25, -0.2) is 0 Å². The van der Waals surface area contributed by atoms with Crippen molar-refractivity contribution in [2.75, 3.05) is 12.1 Å². The molecule has 82 valence electrons. The third-order valence-electron chi connectivity index (χ3n) is 2.51. The average Bonchev–Trinajstić information content (AvgIpc) is 2.65. The molecule has 1 aromatic rings. The molecule has 3 nitrogen and oxygen atoms in total. The highest BCUT2D eigenvalue weighted by molar-refractivity contribution is 5.55. The minimum absolute atomic E-state index is 0.337. The molecule has 1 aliphatic rings. The van der Waals surface area contributed by atoms with Crippen molar-refractivity contribution in [2.24, 2.45) is 0 Å². The molecule has 0 fully saturated rings. The van der Waals surface area contributed by atoms with Crippen LogP contribution >= 0.6 is 0 Å². The maximum atomic E-state index is 5.32. The summed E-state index contributed by atoms with van der Waals surface area (Å²) in [5, 5.41) is 3.44. The van der Waals surface area contributed by atoms with Gasteiger partial charge in [0.1, 0.15) is 0 Å². The van der Waals surface area contributed by atoms with Crippen LogP contribution in [0.4, 0.5) is 5.69 Å². The largest absolute Gasteiger partial charge is 0.454 e. The molecule has 0 aromatic heterocycles. The van der Waals surface area contributed by atoms with Crippen LogP contribution in [0.1, 0.15) is 26.7 Å². The van der Waals surface area contributed by atoms with E-state index in [1.165, 1.54) is 12.8 Å². The molecule has 0 spiro atoms. The highest BCUT2D eigenvalue weighted by atomic mass is 16.7. The van der Waals surface area contributed by atoms with Crippen LogP contribution in [0, 0.1) is 0 Å². The Labute approximate surface area is 90.4 Å². The topological polar surface area (TPSA) is 30.5 Å². The van der Waals surface area contributed by atoms with Crippen molar-refractivity contribution in [3.8, 4) is 11.5 Å². The van der Waals surface area contributed by atoms with Gasteiger partial charge in [-0.05, 0) is 25.5 Å². The van der Waals surface area contributed by atoms with Crippen molar-refractivity contribution in [3.05, 3.63) is 18.2 Å². The maximum absolute atomic E-state index is 5.32. The Balaban J connectivity index is 2.03. The fourth-order valence-corrected chi connectivity index (χ4v) is 1.78. The molecular formula is C12H17NO2. The molecule has 1 heterocycles. The molecule has 1 atom stereocenters. The first kappa shape index (κ1) is 10.1. The summed E-state index contributed by atoms with van der Waals surface area (Å²) in [7, 11) is 0. The van der Waals surface area contributed by atoms with Gasteiger partial charge in [0.25, 0.3) is 0 Å². The number of hydrogen-bond acceptors (Lipinski definition) is 3. The number of ether oxygens (including phenoxy) is 2. The number of nitrogens with one attached hydrogen (secondary N) is 1. The zero-order valence-electron chi connectivity index (χ0n) is 9.25. The highest BCUT2D eigenvalue weighted by Gasteiger charge is 2.13. The average molecular weight is 207 g/mol. The molecule has 0 radical (unpaired) electrons. The lowest BCUT2D eigenvalue weighted by Gasteiger charge is -2.14. The first-order valence-electron chi connectivity index (χ1n) is 5.46. The first-order valence-corrected chi connectivity index (χ1v) is 5.46. The second-order valence-corrected chi connectivity index (χ2v) is 3.90. The van der Waals surface area contributed by atoms with Gasteiger partial charge in [-0.15, -0.1) is 0 Å². The van der Waals surface area contributed by atoms with E-state index in [0.717, 1.165) is 17.2 Å². The zero-order valence-corrected chi connectivity index (χ0v) is 9.25. The summed E-state index contributed by atoms with van der Waals surface area (Å²) < 4.78 is 10.6. The van der Waals surface area contributed by atoms with Crippen LogP contribution in [0.3, 0.4) is 0 Å². The molecule has 1 aromatic carbocycles. The molecule has 0 amide bonds. The van der Waals surface area contributed by atoms with Crippen LogP contribution in [0.25, 0.3) is 0 Å². The Kier molecular flexibility index (Phi) is 2.99. The third-order valence-corrected chi connectivity index (χ3v) is 2.51. The minimum Gasteiger partial charge on any atom is -0.454 e. The Morgan fingerprint density at radius 3 is 2.93 bits per heavy atom. The lowest BCUT2D eigenvalue weighted by molar-refractivity contribution is 0.174. The smallest absolute Gasteiger partial charge is 0.231 e. The molecule has 0 unspecified atom stereocenters. The number of rotatable bonds is 4. The number of hydrogen-bond donors (Lipinski definition) is 1. The quantitative estimate of drug-likeness (QED) is 0.823.